The van der Waals surface area contributed by atoms with E-state index in [1.165, 1.54) is 0 Å². The largest absolute Gasteiger partial charge is 0.756 e. The maximum Gasteiger partial charge on any atom is 0.268 e. The summed E-state index contributed by atoms with van der Waals surface area (Å²) in [5.41, 5.74) is 0. The Kier molecular flexibility index (Phi) is 47.8. The summed E-state index contributed by atoms with van der Waals surface area (Å²) in [6.07, 6.45) is 81.6. The highest BCUT2D eigenvalue weighted by Crippen LogP contribution is 2.38. The molecule has 0 aromatic carbocycles. The molecule has 0 saturated carbocycles. The van der Waals surface area contributed by atoms with Crippen LogP contribution in [0.5, 0.6) is 0 Å². The van der Waals surface area contributed by atoms with Gasteiger partial charge in [-0.25, -0.2) is 0 Å². The van der Waals surface area contributed by atoms with Crippen LogP contribution in [0.4, 0.5) is 0 Å². The number of hydrogen-bond donors (Lipinski definition) is 2. The Bertz CT molecular complexity index is 1750. The SMILES string of the molecule is CC/C=C\C/C=C\C/C=C\C/C=C\C/C=C\C/C=C\C/C=C\C/C=C\C/C=C\C/C=C\C/C=C\CCCCCCCC(=O)NC(COP(=O)([O-])OCC[N+](C)(C)C)C(O)/C=C/CC/C=C/CC/C=C/CC. The number of likely N-dealkylation sites (N-methyl/N-ethyl adjacent to an activating group) is 1. The van der Waals surface area contributed by atoms with Crippen molar-refractivity contribution in [1.29, 1.82) is 0 Å². The number of amides is 1. The number of nitrogens with zero attached hydrogens (tertiary/aromatic N) is 1. The van der Waals surface area contributed by atoms with E-state index in [0.29, 0.717) is 23.9 Å². The average molecular weight is 999 g/mol. The van der Waals surface area contributed by atoms with Crippen LogP contribution in [0, 0.1) is 0 Å². The molecule has 0 bridgehead atoms. The molecule has 0 radical (unpaired) electrons. The number of phosphoric acid groups is 1. The lowest BCUT2D eigenvalue weighted by Gasteiger charge is -2.29. The van der Waals surface area contributed by atoms with Crippen molar-refractivity contribution in [3.8, 4) is 0 Å². The third-order valence-corrected chi connectivity index (χ3v) is 11.6. The van der Waals surface area contributed by atoms with E-state index in [1.807, 2.05) is 27.2 Å². The number of rotatable bonds is 46. The molecule has 398 valence electrons. The Morgan fingerprint density at radius 3 is 1.25 bits per heavy atom. The molecule has 0 rings (SSSR count). The predicted molar refractivity (Wildman–Crippen MR) is 306 cm³/mol. The molecule has 0 aliphatic carbocycles. The molecule has 0 fully saturated rings. The van der Waals surface area contributed by atoms with Gasteiger partial charge in [0.05, 0.1) is 39.9 Å². The van der Waals surface area contributed by atoms with Gasteiger partial charge >= 0.3 is 0 Å². The summed E-state index contributed by atoms with van der Waals surface area (Å²) in [5.74, 6) is -0.242. The topological polar surface area (TPSA) is 108 Å². The lowest BCUT2D eigenvalue weighted by atomic mass is 10.1. The van der Waals surface area contributed by atoms with Gasteiger partial charge in [-0.15, -0.1) is 0 Å². The van der Waals surface area contributed by atoms with Crippen LogP contribution < -0.4 is 10.2 Å². The molecule has 3 atom stereocenters. The van der Waals surface area contributed by atoms with E-state index in [-0.39, 0.29) is 12.5 Å². The van der Waals surface area contributed by atoms with Crippen molar-refractivity contribution in [2.75, 3.05) is 40.9 Å². The van der Waals surface area contributed by atoms with Gasteiger partial charge in [0, 0.05) is 6.42 Å². The van der Waals surface area contributed by atoms with E-state index in [0.717, 1.165) is 135 Å². The highest BCUT2D eigenvalue weighted by atomic mass is 31.2. The molecule has 0 aliphatic heterocycles. The zero-order valence-electron chi connectivity index (χ0n) is 45.1. The highest BCUT2D eigenvalue weighted by molar-refractivity contribution is 7.45. The molecule has 0 aromatic heterocycles. The summed E-state index contributed by atoms with van der Waals surface area (Å²) in [5, 5.41) is 13.7. The number of quaternary nitrogens is 1. The second kappa shape index (κ2) is 50.8. The summed E-state index contributed by atoms with van der Waals surface area (Å²) >= 11 is 0. The Balaban J connectivity index is 4.18. The van der Waals surface area contributed by atoms with Gasteiger partial charge < -0.3 is 28.8 Å². The van der Waals surface area contributed by atoms with Crippen LogP contribution in [0.2, 0.25) is 0 Å². The maximum absolute atomic E-state index is 12.9. The number of allylic oxidation sites excluding steroid dienone is 27. The molecule has 0 aliphatic rings. The number of carbonyl (C=O) groups is 1. The third kappa shape index (κ3) is 53.5. The molecule has 0 heterocycles. The van der Waals surface area contributed by atoms with Crippen LogP contribution in [0.25, 0.3) is 0 Å². The Morgan fingerprint density at radius 1 is 0.493 bits per heavy atom. The van der Waals surface area contributed by atoms with Crippen molar-refractivity contribution in [3.63, 3.8) is 0 Å². The monoisotopic (exact) mass is 999 g/mol. The molecule has 2 N–H and O–H groups in total. The van der Waals surface area contributed by atoms with Crippen LogP contribution in [-0.4, -0.2) is 68.5 Å². The molecule has 71 heavy (non-hydrogen) atoms. The van der Waals surface area contributed by atoms with Crippen molar-refractivity contribution in [1.82, 2.24) is 5.32 Å². The van der Waals surface area contributed by atoms with Gasteiger partial charge in [-0.1, -0.05) is 203 Å². The van der Waals surface area contributed by atoms with Crippen LogP contribution in [0.1, 0.15) is 162 Å². The summed E-state index contributed by atoms with van der Waals surface area (Å²) in [4.78, 5) is 25.3. The first-order valence-corrected chi connectivity index (χ1v) is 28.5. The predicted octanol–water partition coefficient (Wildman–Crippen LogP) is 15.8. The van der Waals surface area contributed by atoms with Gasteiger partial charge in [-0.3, -0.25) is 9.36 Å². The zero-order valence-corrected chi connectivity index (χ0v) is 46.0. The normalized spacial score (nSPS) is 15.3. The second-order valence-corrected chi connectivity index (χ2v) is 19.9. The van der Waals surface area contributed by atoms with Crippen molar-refractivity contribution < 1.29 is 32.9 Å². The van der Waals surface area contributed by atoms with Crippen molar-refractivity contribution >= 4 is 13.7 Å². The fourth-order valence-corrected chi connectivity index (χ4v) is 7.21. The second-order valence-electron chi connectivity index (χ2n) is 18.4. The van der Waals surface area contributed by atoms with Crippen LogP contribution in [0.3, 0.4) is 0 Å². The molecule has 0 saturated heterocycles. The number of hydrogen-bond acceptors (Lipinski definition) is 6. The summed E-state index contributed by atoms with van der Waals surface area (Å²) in [6, 6.07) is -0.931. The van der Waals surface area contributed by atoms with Crippen LogP contribution in [-0.2, 0) is 18.4 Å². The molecule has 1 amide bonds. The minimum atomic E-state index is -4.62. The van der Waals surface area contributed by atoms with Crippen molar-refractivity contribution in [3.05, 3.63) is 170 Å². The fourth-order valence-electron chi connectivity index (χ4n) is 6.49. The summed E-state index contributed by atoms with van der Waals surface area (Å²) in [6.45, 7) is 4.32. The lowest BCUT2D eigenvalue weighted by Crippen LogP contribution is -2.45. The minimum absolute atomic E-state index is 0.0232. The smallest absolute Gasteiger partial charge is 0.268 e. The van der Waals surface area contributed by atoms with E-state index in [4.69, 9.17) is 9.05 Å². The standard InChI is InChI=1S/C62H99N2O6P/c1-6-8-10-12-14-16-18-19-20-21-22-23-24-25-26-27-28-29-30-31-32-33-34-35-36-37-38-39-40-41-42-43-44-45-46-48-50-52-54-56-62(66)63-60(59-70-71(67,68)69-58-57-64(3,4)5)61(65)55-53-51-49-47-17-15-13-11-9-7-2/h8-11,14,16-17,19-20,22-23,25-26,28-29,31-32,34-35,37-38,40-41,43-44,47,53,55,60-61,65H,6-7,12-13,15,18,21,24,27,30,33,36,39,42,45-46,48-52,54,56-59H2,1-5H3,(H-,63,66,67,68)/b10-8-,11-9+,16-14-,20-19-,23-22-,26-25-,29-28-,32-31-,35-34-,38-37-,41-40-,44-43-,47-17+,55-53+. The summed E-state index contributed by atoms with van der Waals surface area (Å²) in [7, 11) is 1.19. The molecule has 3 unspecified atom stereocenters. The minimum Gasteiger partial charge on any atom is -0.756 e. The third-order valence-electron chi connectivity index (χ3n) is 10.6. The molecule has 0 spiro atoms. The van der Waals surface area contributed by atoms with E-state index in [9.17, 15) is 19.4 Å². The van der Waals surface area contributed by atoms with Gasteiger partial charge in [0.1, 0.15) is 13.2 Å². The van der Waals surface area contributed by atoms with E-state index in [2.05, 4.69) is 177 Å². The van der Waals surface area contributed by atoms with Gasteiger partial charge in [0.25, 0.3) is 7.82 Å². The van der Waals surface area contributed by atoms with Crippen LogP contribution >= 0.6 is 7.82 Å². The molecular weight excluding hydrogens is 900 g/mol. The number of unbranched alkanes of at least 4 members (excludes halogenated alkanes) is 7. The van der Waals surface area contributed by atoms with Gasteiger partial charge in [-0.2, -0.15) is 0 Å². The molecule has 8 nitrogen and oxygen atoms in total. The maximum atomic E-state index is 12.9. The zero-order chi connectivity index (χ0) is 52.0. The lowest BCUT2D eigenvalue weighted by molar-refractivity contribution is -0.870. The number of nitrogens with one attached hydrogen (secondary N) is 1. The van der Waals surface area contributed by atoms with Crippen LogP contribution in [0.15, 0.2) is 170 Å². The first-order valence-electron chi connectivity index (χ1n) is 27.0. The van der Waals surface area contributed by atoms with Crippen molar-refractivity contribution in [2.24, 2.45) is 0 Å². The Hall–Kier alpha value is -4.14. The Labute approximate surface area is 434 Å². The number of aliphatic hydroxyl groups excluding tert-OH is 1. The summed E-state index contributed by atoms with van der Waals surface area (Å²) < 4.78 is 23.1. The number of phosphoric ester groups is 1. The first kappa shape index (κ1) is 66.9. The van der Waals surface area contributed by atoms with Gasteiger partial charge in [0.2, 0.25) is 5.91 Å². The quantitative estimate of drug-likeness (QED) is 0.0272. The Morgan fingerprint density at radius 2 is 0.831 bits per heavy atom. The van der Waals surface area contributed by atoms with E-state index >= 15 is 0 Å². The van der Waals surface area contributed by atoms with Crippen molar-refractivity contribution in [2.45, 2.75) is 174 Å². The molecular formula is C62H99N2O6P. The fraction of sp³-hybridized carbons (Fsp3) is 0.532. The molecule has 9 heteroatoms. The number of carbonyl (C=O) groups excluding carboxylic acids is 1. The van der Waals surface area contributed by atoms with E-state index < -0.39 is 26.6 Å². The highest BCUT2D eigenvalue weighted by Gasteiger charge is 2.23. The first-order chi connectivity index (χ1) is 34.5. The van der Waals surface area contributed by atoms with Gasteiger partial charge in [-0.05, 0) is 122 Å². The van der Waals surface area contributed by atoms with E-state index in [1.54, 1.807) is 6.08 Å². The number of aliphatic hydroxyl groups is 1. The van der Waals surface area contributed by atoms with Gasteiger partial charge in [0.15, 0.2) is 0 Å². The molecule has 0 aromatic rings. The average Bonchev–Trinajstić information content (AvgIpc) is 3.33.